The number of hydrogen-bond acceptors (Lipinski definition) is 4. The number of carboxylic acids is 1. The Kier molecular flexibility index (Phi) is 16.2. The Bertz CT molecular complexity index is 786. The van der Waals surface area contributed by atoms with Crippen molar-refractivity contribution in [2.24, 2.45) is 0 Å². The third-order valence-corrected chi connectivity index (χ3v) is 3.87. The predicted octanol–water partition coefficient (Wildman–Crippen LogP) is 1.000. The van der Waals surface area contributed by atoms with Gasteiger partial charge in [-0.3, -0.25) is 9.59 Å². The molecule has 0 fully saturated rings. The van der Waals surface area contributed by atoms with Gasteiger partial charge in [0.15, 0.2) is 0 Å². The van der Waals surface area contributed by atoms with E-state index < -0.39 is 5.97 Å². The largest absolute Gasteiger partial charge is 1.00 e. The van der Waals surface area contributed by atoms with E-state index in [0.717, 1.165) is 35.1 Å². The van der Waals surface area contributed by atoms with Crippen LogP contribution >= 0.6 is 0 Å². The van der Waals surface area contributed by atoms with Crippen molar-refractivity contribution in [2.75, 3.05) is 7.11 Å². The number of aliphatic carboxylic acids is 1. The van der Waals surface area contributed by atoms with Gasteiger partial charge >= 0.3 is 30.8 Å². The molecule has 0 bridgehead atoms. The fraction of sp³-hybridized carbons (Fsp3) is 0.217. The fourth-order valence-electron chi connectivity index (χ4n) is 2.56. The molecule has 2 aromatic rings. The van der Waals surface area contributed by atoms with E-state index >= 15 is 0 Å². The van der Waals surface area contributed by atoms with Crippen LogP contribution in [0.4, 0.5) is 0 Å². The Morgan fingerprint density at radius 2 is 1.24 bits per heavy atom. The molecule has 29 heavy (non-hydrogen) atoms. The predicted molar refractivity (Wildman–Crippen MR) is 110 cm³/mol. The summed E-state index contributed by atoms with van der Waals surface area (Å²) in [5, 5.41) is 8.63. The minimum Gasteiger partial charge on any atom is -0.870 e. The zero-order valence-electron chi connectivity index (χ0n) is 17.1. The van der Waals surface area contributed by atoms with Crippen molar-refractivity contribution in [3.05, 3.63) is 96.1 Å². The van der Waals surface area contributed by atoms with Crippen molar-refractivity contribution in [1.29, 1.82) is 0 Å². The Morgan fingerprint density at radius 3 is 1.59 bits per heavy atom. The van der Waals surface area contributed by atoms with E-state index in [9.17, 15) is 9.59 Å². The molecule has 0 unspecified atom stereocenters. The molecule has 0 saturated carbocycles. The molecule has 0 aliphatic rings. The van der Waals surface area contributed by atoms with Crippen LogP contribution in [0.15, 0.2) is 73.8 Å². The summed E-state index contributed by atoms with van der Waals surface area (Å²) in [7, 11) is 1.40. The van der Waals surface area contributed by atoms with Crippen LogP contribution in [0.3, 0.4) is 0 Å². The van der Waals surface area contributed by atoms with Crippen LogP contribution < -0.4 is 18.9 Å². The third kappa shape index (κ3) is 11.1. The molecule has 0 saturated heterocycles. The molecular weight excluding hydrogens is 363 g/mol. The normalized spacial score (nSPS) is 8.86. The van der Waals surface area contributed by atoms with Crippen molar-refractivity contribution < 1.29 is 43.8 Å². The number of esters is 1. The van der Waals surface area contributed by atoms with Crippen LogP contribution in [-0.4, -0.2) is 29.6 Å². The molecule has 0 radical (unpaired) electrons. The zero-order chi connectivity index (χ0) is 20.1. The molecule has 0 heterocycles. The van der Waals surface area contributed by atoms with Gasteiger partial charge in [-0.2, -0.15) is 0 Å². The summed E-state index contributed by atoms with van der Waals surface area (Å²) in [4.78, 5) is 21.6. The maximum absolute atomic E-state index is 11.1. The minimum absolute atomic E-state index is 0. The van der Waals surface area contributed by atoms with Crippen molar-refractivity contribution in [3.63, 3.8) is 0 Å². The third-order valence-electron chi connectivity index (χ3n) is 3.87. The molecule has 2 N–H and O–H groups in total. The molecule has 0 amide bonds. The van der Waals surface area contributed by atoms with E-state index in [-0.39, 0.29) is 36.7 Å². The van der Waals surface area contributed by atoms with E-state index in [1.807, 2.05) is 54.6 Å². The molecule has 0 aromatic heterocycles. The molecular formula is C23H27LiO5. The Morgan fingerprint density at radius 1 is 0.862 bits per heavy atom. The van der Waals surface area contributed by atoms with E-state index in [0.29, 0.717) is 6.42 Å². The molecule has 0 aliphatic heterocycles. The second kappa shape index (κ2) is 16.4. The number of carboxylic acid groups (broad SMARTS) is 1. The van der Waals surface area contributed by atoms with Gasteiger partial charge in [0.25, 0.3) is 0 Å². The monoisotopic (exact) mass is 390 g/mol. The van der Waals surface area contributed by atoms with Gasteiger partial charge in [0, 0.05) is 0 Å². The number of allylic oxidation sites excluding steroid dienone is 2. The van der Waals surface area contributed by atoms with Crippen molar-refractivity contribution in [2.45, 2.75) is 25.7 Å². The van der Waals surface area contributed by atoms with Crippen LogP contribution in [0.1, 0.15) is 22.3 Å². The number of carbonyl (C=O) groups excluding carboxylic acids is 1. The molecule has 0 atom stereocenters. The van der Waals surface area contributed by atoms with E-state index in [1.54, 1.807) is 6.08 Å². The number of hydrogen-bond donors (Lipinski definition) is 1. The van der Waals surface area contributed by atoms with Gasteiger partial charge < -0.3 is 15.3 Å². The number of benzene rings is 2. The smallest absolute Gasteiger partial charge is 0.870 e. The summed E-state index contributed by atoms with van der Waals surface area (Å²) in [6, 6.07) is 15.3. The average Bonchev–Trinajstić information content (AvgIpc) is 2.65. The van der Waals surface area contributed by atoms with E-state index in [2.05, 4.69) is 17.9 Å². The van der Waals surface area contributed by atoms with E-state index in [1.165, 1.54) is 7.11 Å². The first-order valence-electron chi connectivity index (χ1n) is 8.65. The SMILES string of the molecule is C=CCc1ccccc1CC(=O)O.C=CCc1ccccc1CC(=O)OC.[Li+].[OH-]. The Labute approximate surface area is 184 Å². The van der Waals surface area contributed by atoms with Crippen molar-refractivity contribution in [1.82, 2.24) is 0 Å². The Hall–Kier alpha value is -2.58. The summed E-state index contributed by atoms with van der Waals surface area (Å²) < 4.78 is 4.62. The summed E-state index contributed by atoms with van der Waals surface area (Å²) >= 11 is 0. The first-order valence-corrected chi connectivity index (χ1v) is 8.65. The van der Waals surface area contributed by atoms with Gasteiger partial charge in [-0.05, 0) is 35.1 Å². The van der Waals surface area contributed by atoms with Crippen LogP contribution in [0.25, 0.3) is 0 Å². The molecule has 0 spiro atoms. The molecule has 2 aromatic carbocycles. The number of carbonyl (C=O) groups is 2. The molecule has 2 rings (SSSR count). The summed E-state index contributed by atoms with van der Waals surface area (Å²) in [5.41, 5.74) is 4.06. The summed E-state index contributed by atoms with van der Waals surface area (Å²) in [6.45, 7) is 7.31. The quantitative estimate of drug-likeness (QED) is 0.412. The zero-order valence-corrected chi connectivity index (χ0v) is 17.1. The summed E-state index contributed by atoms with van der Waals surface area (Å²) in [5.74, 6) is -1.00. The minimum atomic E-state index is -0.795. The van der Waals surface area contributed by atoms with Gasteiger partial charge in [0.05, 0.1) is 20.0 Å². The number of rotatable bonds is 8. The average molecular weight is 390 g/mol. The van der Waals surface area contributed by atoms with Crippen LogP contribution in [-0.2, 0) is 40.0 Å². The molecule has 5 nitrogen and oxygen atoms in total. The van der Waals surface area contributed by atoms with Gasteiger partial charge in [-0.25, -0.2) is 0 Å². The van der Waals surface area contributed by atoms with Crippen LogP contribution in [0, 0.1) is 0 Å². The van der Waals surface area contributed by atoms with E-state index in [4.69, 9.17) is 5.11 Å². The first-order chi connectivity index (χ1) is 13.0. The van der Waals surface area contributed by atoms with Crippen molar-refractivity contribution in [3.8, 4) is 0 Å². The standard InChI is InChI=1S/C12H14O2.C11H12O2.Li.H2O/c1-3-6-10-7-4-5-8-11(10)9-12(13)14-2;1-2-5-9-6-3-4-7-10(9)8-11(12)13;;/h3-5,7-8H,1,6,9H2,2H3;2-4,6-7H,1,5,8H2,(H,12,13);;1H2/q;;+1;/p-1. The number of methoxy groups -OCH3 is 1. The van der Waals surface area contributed by atoms with Crippen LogP contribution in [0.5, 0.6) is 0 Å². The van der Waals surface area contributed by atoms with Gasteiger partial charge in [-0.1, -0.05) is 60.7 Å². The first kappa shape index (κ1) is 28.6. The molecule has 0 aliphatic carbocycles. The number of ether oxygens (including phenoxy) is 1. The second-order valence-corrected chi connectivity index (χ2v) is 5.85. The maximum Gasteiger partial charge on any atom is 1.00 e. The Balaban J connectivity index is 0. The van der Waals surface area contributed by atoms with Crippen molar-refractivity contribution >= 4 is 11.9 Å². The van der Waals surface area contributed by atoms with Gasteiger partial charge in [0.1, 0.15) is 0 Å². The summed E-state index contributed by atoms with van der Waals surface area (Å²) in [6.07, 6.45) is 5.54. The second-order valence-electron chi connectivity index (χ2n) is 5.85. The van der Waals surface area contributed by atoms with Gasteiger partial charge in [-0.15, -0.1) is 13.2 Å². The maximum atomic E-state index is 11.1. The topological polar surface area (TPSA) is 93.6 Å². The van der Waals surface area contributed by atoms with Gasteiger partial charge in [0.2, 0.25) is 0 Å². The molecule has 150 valence electrons. The van der Waals surface area contributed by atoms with Crippen LogP contribution in [0.2, 0.25) is 0 Å². The fourth-order valence-corrected chi connectivity index (χ4v) is 2.56. The molecule has 6 heteroatoms.